The minimum absolute atomic E-state index is 0.0135. The van der Waals surface area contributed by atoms with E-state index in [0.717, 1.165) is 0 Å². The van der Waals surface area contributed by atoms with Crippen molar-refractivity contribution >= 4 is 12.6 Å². The SMILES string of the molecule is CC1(C)COB(c2cccc(C#N)c2F)OC1. The molecule has 1 fully saturated rings. The van der Waals surface area contributed by atoms with Crippen molar-refractivity contribution in [2.45, 2.75) is 13.8 Å². The number of nitrogens with zero attached hydrogens (tertiary/aromatic N) is 1. The molecular weight excluding hydrogens is 220 g/mol. The topological polar surface area (TPSA) is 42.2 Å². The van der Waals surface area contributed by atoms with Crippen LogP contribution in [0.5, 0.6) is 0 Å². The quantitative estimate of drug-likeness (QED) is 0.689. The molecule has 5 heteroatoms. The van der Waals surface area contributed by atoms with Gasteiger partial charge in [0.05, 0.1) is 5.56 Å². The van der Waals surface area contributed by atoms with E-state index in [-0.39, 0.29) is 11.0 Å². The predicted molar refractivity (Wildman–Crippen MR) is 62.2 cm³/mol. The highest BCUT2D eigenvalue weighted by Gasteiger charge is 2.35. The zero-order valence-corrected chi connectivity index (χ0v) is 9.87. The summed E-state index contributed by atoms with van der Waals surface area (Å²) >= 11 is 0. The standard InChI is InChI=1S/C12H13BFNO2/c1-12(2)7-16-13(17-8-12)10-5-3-4-9(6-15)11(10)14/h3-5H,7-8H2,1-2H3. The van der Waals surface area contributed by atoms with Crippen molar-refractivity contribution < 1.29 is 13.7 Å². The van der Waals surface area contributed by atoms with Crippen LogP contribution in [0.3, 0.4) is 0 Å². The fourth-order valence-corrected chi connectivity index (χ4v) is 1.69. The number of hydrogen-bond donors (Lipinski definition) is 0. The third-order valence-corrected chi connectivity index (χ3v) is 2.65. The summed E-state index contributed by atoms with van der Waals surface area (Å²) in [5, 5.41) is 8.75. The maximum Gasteiger partial charge on any atom is 0.496 e. The van der Waals surface area contributed by atoms with Crippen LogP contribution in [0.1, 0.15) is 19.4 Å². The summed E-state index contributed by atoms with van der Waals surface area (Å²) < 4.78 is 24.8. The van der Waals surface area contributed by atoms with Gasteiger partial charge < -0.3 is 9.31 Å². The van der Waals surface area contributed by atoms with Gasteiger partial charge >= 0.3 is 7.12 Å². The minimum atomic E-state index is -0.712. The molecule has 0 spiro atoms. The third-order valence-electron chi connectivity index (χ3n) is 2.65. The summed E-state index contributed by atoms with van der Waals surface area (Å²) in [6.45, 7) is 5.05. The first-order chi connectivity index (χ1) is 8.03. The Morgan fingerprint density at radius 1 is 1.35 bits per heavy atom. The lowest BCUT2D eigenvalue weighted by molar-refractivity contribution is 0.0340. The third kappa shape index (κ3) is 2.49. The second-order valence-corrected chi connectivity index (χ2v) is 4.94. The molecule has 1 saturated heterocycles. The zero-order valence-electron chi connectivity index (χ0n) is 9.87. The number of hydrogen-bond acceptors (Lipinski definition) is 3. The Labute approximate surface area is 100 Å². The van der Waals surface area contributed by atoms with Crippen molar-refractivity contribution in [3.05, 3.63) is 29.6 Å². The maximum atomic E-state index is 13.9. The first kappa shape index (κ1) is 12.1. The van der Waals surface area contributed by atoms with Crippen LogP contribution in [0.25, 0.3) is 0 Å². The van der Waals surface area contributed by atoms with Crippen LogP contribution in [0, 0.1) is 22.6 Å². The van der Waals surface area contributed by atoms with Crippen LogP contribution in [-0.4, -0.2) is 20.3 Å². The Kier molecular flexibility index (Phi) is 3.18. The van der Waals surface area contributed by atoms with Gasteiger partial charge in [0.25, 0.3) is 0 Å². The van der Waals surface area contributed by atoms with E-state index in [1.807, 2.05) is 13.8 Å². The summed E-state index contributed by atoms with van der Waals surface area (Å²) in [6, 6.07) is 6.45. The summed E-state index contributed by atoms with van der Waals surface area (Å²) in [6.07, 6.45) is 0. The van der Waals surface area contributed by atoms with E-state index in [0.29, 0.717) is 18.7 Å². The van der Waals surface area contributed by atoms with Gasteiger partial charge in [0.15, 0.2) is 0 Å². The monoisotopic (exact) mass is 233 g/mol. The summed E-state index contributed by atoms with van der Waals surface area (Å²) in [4.78, 5) is 0. The molecule has 0 bridgehead atoms. The largest absolute Gasteiger partial charge is 0.496 e. The second kappa shape index (κ2) is 4.48. The number of rotatable bonds is 1. The highest BCUT2D eigenvalue weighted by molar-refractivity contribution is 6.61. The van der Waals surface area contributed by atoms with Crippen molar-refractivity contribution in [2.24, 2.45) is 5.41 Å². The lowest BCUT2D eigenvalue weighted by Gasteiger charge is -2.33. The van der Waals surface area contributed by atoms with Crippen molar-refractivity contribution in [1.82, 2.24) is 0 Å². The lowest BCUT2D eigenvalue weighted by atomic mass is 9.75. The number of benzene rings is 1. The molecule has 0 atom stereocenters. The van der Waals surface area contributed by atoms with Crippen LogP contribution < -0.4 is 5.46 Å². The average molecular weight is 233 g/mol. The molecule has 0 N–H and O–H groups in total. The van der Waals surface area contributed by atoms with E-state index < -0.39 is 12.9 Å². The van der Waals surface area contributed by atoms with Gasteiger partial charge in [-0.2, -0.15) is 5.26 Å². The van der Waals surface area contributed by atoms with Crippen molar-refractivity contribution in [3.63, 3.8) is 0 Å². The van der Waals surface area contributed by atoms with Crippen molar-refractivity contribution in [2.75, 3.05) is 13.2 Å². The van der Waals surface area contributed by atoms with Gasteiger partial charge in [0.2, 0.25) is 0 Å². The fraction of sp³-hybridized carbons (Fsp3) is 0.417. The Bertz CT molecular complexity index is 460. The lowest BCUT2D eigenvalue weighted by Crippen LogP contribution is -2.48. The highest BCUT2D eigenvalue weighted by atomic mass is 19.1. The Hall–Kier alpha value is -1.38. The van der Waals surface area contributed by atoms with Crippen LogP contribution in [0.4, 0.5) is 4.39 Å². The van der Waals surface area contributed by atoms with E-state index in [2.05, 4.69) is 0 Å². The molecule has 1 aromatic carbocycles. The predicted octanol–water partition coefficient (Wildman–Crippen LogP) is 1.47. The number of halogens is 1. The first-order valence-electron chi connectivity index (χ1n) is 5.45. The maximum absolute atomic E-state index is 13.9. The van der Waals surface area contributed by atoms with Crippen LogP contribution in [0.15, 0.2) is 18.2 Å². The van der Waals surface area contributed by atoms with E-state index in [4.69, 9.17) is 14.6 Å². The van der Waals surface area contributed by atoms with Gasteiger partial charge in [0, 0.05) is 24.1 Å². The van der Waals surface area contributed by atoms with Crippen LogP contribution in [-0.2, 0) is 9.31 Å². The van der Waals surface area contributed by atoms with Gasteiger partial charge in [-0.15, -0.1) is 0 Å². The normalized spacial score (nSPS) is 18.8. The Morgan fingerprint density at radius 2 is 2.00 bits per heavy atom. The van der Waals surface area contributed by atoms with Crippen molar-refractivity contribution in [1.29, 1.82) is 5.26 Å². The molecule has 1 aliphatic heterocycles. The molecule has 17 heavy (non-hydrogen) atoms. The molecule has 1 aliphatic rings. The molecule has 0 saturated carbocycles. The molecule has 0 unspecified atom stereocenters. The Balaban J connectivity index is 2.22. The smallest absolute Gasteiger partial charge is 0.407 e. The van der Waals surface area contributed by atoms with E-state index in [9.17, 15) is 4.39 Å². The van der Waals surface area contributed by atoms with Crippen LogP contribution in [0.2, 0.25) is 0 Å². The molecule has 0 amide bonds. The summed E-state index contributed by atoms with van der Waals surface area (Å²) in [5.74, 6) is -0.556. The average Bonchev–Trinajstić information content (AvgIpc) is 2.30. The van der Waals surface area contributed by atoms with Gasteiger partial charge in [-0.25, -0.2) is 4.39 Å². The van der Waals surface area contributed by atoms with Crippen LogP contribution >= 0.6 is 0 Å². The molecule has 1 aromatic rings. The van der Waals surface area contributed by atoms with Gasteiger partial charge in [-0.05, 0) is 6.07 Å². The fourth-order valence-electron chi connectivity index (χ4n) is 1.69. The molecule has 1 heterocycles. The Morgan fingerprint density at radius 3 is 2.59 bits per heavy atom. The summed E-state index contributed by atoms with van der Waals surface area (Å²) in [5.41, 5.74) is 0.249. The van der Waals surface area contributed by atoms with E-state index >= 15 is 0 Å². The molecule has 3 nitrogen and oxygen atoms in total. The van der Waals surface area contributed by atoms with Gasteiger partial charge in [-0.3, -0.25) is 0 Å². The van der Waals surface area contributed by atoms with Crippen molar-refractivity contribution in [3.8, 4) is 6.07 Å². The first-order valence-corrected chi connectivity index (χ1v) is 5.45. The minimum Gasteiger partial charge on any atom is -0.407 e. The molecule has 0 aliphatic carbocycles. The number of nitriles is 1. The van der Waals surface area contributed by atoms with E-state index in [1.54, 1.807) is 18.2 Å². The summed E-state index contributed by atoms with van der Waals surface area (Å²) in [7, 11) is -0.712. The molecule has 0 radical (unpaired) electrons. The molecular formula is C12H13BFNO2. The van der Waals surface area contributed by atoms with Gasteiger partial charge in [-0.1, -0.05) is 26.0 Å². The molecule has 0 aromatic heterocycles. The molecule has 88 valence electrons. The highest BCUT2D eigenvalue weighted by Crippen LogP contribution is 2.21. The zero-order chi connectivity index (χ0) is 12.5. The molecule has 2 rings (SSSR count). The van der Waals surface area contributed by atoms with E-state index in [1.165, 1.54) is 6.07 Å². The van der Waals surface area contributed by atoms with Gasteiger partial charge in [0.1, 0.15) is 11.9 Å². The second-order valence-electron chi connectivity index (χ2n) is 4.94.